The Morgan fingerprint density at radius 1 is 1.10 bits per heavy atom. The van der Waals surface area contributed by atoms with Crippen LogP contribution in [0.15, 0.2) is 39.3 Å². The van der Waals surface area contributed by atoms with Crippen LogP contribution in [0.2, 0.25) is 0 Å². The molecule has 0 bridgehead atoms. The number of aryl methyl sites for hydroxylation is 2. The predicted molar refractivity (Wildman–Crippen MR) is 86.9 cm³/mol. The summed E-state index contributed by atoms with van der Waals surface area (Å²) in [5.41, 5.74) is 6.34. The molecule has 20 heavy (non-hydrogen) atoms. The lowest BCUT2D eigenvalue weighted by molar-refractivity contribution is 0.559. The van der Waals surface area contributed by atoms with E-state index in [0.717, 1.165) is 25.6 Å². The molecule has 0 aliphatic carbocycles. The van der Waals surface area contributed by atoms with Gasteiger partial charge in [-0.15, -0.1) is 0 Å². The van der Waals surface area contributed by atoms with Crippen molar-refractivity contribution in [3.05, 3.63) is 67.3 Å². The van der Waals surface area contributed by atoms with E-state index in [4.69, 9.17) is 5.84 Å². The second kappa shape index (κ2) is 6.35. The van der Waals surface area contributed by atoms with Crippen molar-refractivity contribution in [1.29, 1.82) is 0 Å². The summed E-state index contributed by atoms with van der Waals surface area (Å²) in [6, 6.07) is 8.46. The van der Waals surface area contributed by atoms with E-state index in [9.17, 15) is 4.39 Å². The quantitative estimate of drug-likeness (QED) is 0.586. The first-order valence-corrected chi connectivity index (χ1v) is 7.70. The molecule has 5 heteroatoms. The number of nitrogens with two attached hydrogens (primary N) is 1. The first-order valence-electron chi connectivity index (χ1n) is 6.11. The molecule has 3 N–H and O–H groups in total. The third kappa shape index (κ3) is 3.11. The van der Waals surface area contributed by atoms with Crippen LogP contribution in [0.1, 0.15) is 28.3 Å². The van der Waals surface area contributed by atoms with Crippen molar-refractivity contribution < 1.29 is 4.39 Å². The molecule has 2 rings (SSSR count). The summed E-state index contributed by atoms with van der Waals surface area (Å²) in [5.74, 6) is 5.37. The maximum Gasteiger partial charge on any atom is 0.128 e. The zero-order chi connectivity index (χ0) is 14.9. The number of hydrogen-bond acceptors (Lipinski definition) is 2. The molecule has 0 aliphatic rings. The highest BCUT2D eigenvalue weighted by molar-refractivity contribution is 9.10. The van der Waals surface area contributed by atoms with Gasteiger partial charge in [-0.05, 0) is 48.7 Å². The van der Waals surface area contributed by atoms with Crippen LogP contribution < -0.4 is 11.3 Å². The first kappa shape index (κ1) is 15.6. The Labute approximate surface area is 134 Å². The Morgan fingerprint density at radius 2 is 1.70 bits per heavy atom. The second-order valence-electron chi connectivity index (χ2n) is 4.73. The Bertz CT molecular complexity index is 621. The molecule has 106 valence electrons. The Balaban J connectivity index is 2.55. The fourth-order valence-electron chi connectivity index (χ4n) is 2.25. The summed E-state index contributed by atoms with van der Waals surface area (Å²) in [4.78, 5) is 0. The van der Waals surface area contributed by atoms with Crippen molar-refractivity contribution in [1.82, 2.24) is 5.43 Å². The molecule has 0 amide bonds. The molecule has 0 heterocycles. The van der Waals surface area contributed by atoms with Gasteiger partial charge in [-0.3, -0.25) is 5.84 Å². The summed E-state index contributed by atoms with van der Waals surface area (Å²) < 4.78 is 15.9. The Kier molecular flexibility index (Phi) is 4.96. The fourth-order valence-corrected chi connectivity index (χ4v) is 2.86. The van der Waals surface area contributed by atoms with Crippen LogP contribution in [0.3, 0.4) is 0 Å². The summed E-state index contributed by atoms with van der Waals surface area (Å²) in [6.45, 7) is 4.01. The largest absolute Gasteiger partial charge is 0.271 e. The smallest absolute Gasteiger partial charge is 0.128 e. The molecule has 0 spiro atoms. The minimum Gasteiger partial charge on any atom is -0.271 e. The van der Waals surface area contributed by atoms with E-state index in [-0.39, 0.29) is 5.82 Å². The van der Waals surface area contributed by atoms with Crippen LogP contribution in [0.25, 0.3) is 0 Å². The molecular formula is C15H15Br2FN2. The van der Waals surface area contributed by atoms with Crippen molar-refractivity contribution in [3.8, 4) is 0 Å². The third-order valence-corrected chi connectivity index (χ3v) is 4.97. The van der Waals surface area contributed by atoms with Gasteiger partial charge in [0.15, 0.2) is 0 Å². The van der Waals surface area contributed by atoms with Crippen LogP contribution in [-0.4, -0.2) is 0 Å². The normalized spacial score (nSPS) is 12.5. The molecule has 0 fully saturated rings. The van der Waals surface area contributed by atoms with Gasteiger partial charge in [0, 0.05) is 14.5 Å². The minimum atomic E-state index is -0.391. The van der Waals surface area contributed by atoms with E-state index < -0.39 is 6.04 Å². The monoisotopic (exact) mass is 400 g/mol. The lowest BCUT2D eigenvalue weighted by Crippen LogP contribution is -2.29. The SMILES string of the molecule is Cc1cc(C(NN)c2cc(Br)ccc2F)cc(C)c1Br. The van der Waals surface area contributed by atoms with Crippen LogP contribution in [0.4, 0.5) is 4.39 Å². The fraction of sp³-hybridized carbons (Fsp3) is 0.200. The molecule has 0 radical (unpaired) electrons. The number of benzene rings is 2. The van der Waals surface area contributed by atoms with Gasteiger partial charge in [0.25, 0.3) is 0 Å². The van der Waals surface area contributed by atoms with Gasteiger partial charge in [-0.2, -0.15) is 0 Å². The molecule has 1 atom stereocenters. The average molecular weight is 402 g/mol. The van der Waals surface area contributed by atoms with Crippen molar-refractivity contribution in [2.75, 3.05) is 0 Å². The molecule has 0 saturated heterocycles. The molecule has 0 saturated carbocycles. The van der Waals surface area contributed by atoms with Gasteiger partial charge in [-0.25, -0.2) is 9.82 Å². The van der Waals surface area contributed by atoms with Crippen LogP contribution in [-0.2, 0) is 0 Å². The molecule has 1 unspecified atom stereocenters. The average Bonchev–Trinajstić information content (AvgIpc) is 2.40. The molecule has 0 aliphatic heterocycles. The topological polar surface area (TPSA) is 38.0 Å². The van der Waals surface area contributed by atoms with Gasteiger partial charge in [0.2, 0.25) is 0 Å². The van der Waals surface area contributed by atoms with Crippen molar-refractivity contribution >= 4 is 31.9 Å². The molecule has 2 aromatic rings. The predicted octanol–water partition coefficient (Wildman–Crippen LogP) is 4.52. The van der Waals surface area contributed by atoms with Crippen LogP contribution in [0.5, 0.6) is 0 Å². The zero-order valence-corrected chi connectivity index (χ0v) is 14.3. The van der Waals surface area contributed by atoms with Crippen molar-refractivity contribution in [3.63, 3.8) is 0 Å². The molecule has 0 aromatic heterocycles. The van der Waals surface area contributed by atoms with E-state index in [1.807, 2.05) is 26.0 Å². The van der Waals surface area contributed by atoms with E-state index in [2.05, 4.69) is 37.3 Å². The maximum absolute atomic E-state index is 14.0. The number of hydrazine groups is 1. The van der Waals surface area contributed by atoms with Gasteiger partial charge < -0.3 is 0 Å². The van der Waals surface area contributed by atoms with Gasteiger partial charge in [0.05, 0.1) is 6.04 Å². The number of nitrogens with one attached hydrogen (secondary N) is 1. The number of rotatable bonds is 3. The van der Waals surface area contributed by atoms with Crippen molar-refractivity contribution in [2.45, 2.75) is 19.9 Å². The van der Waals surface area contributed by atoms with Gasteiger partial charge >= 0.3 is 0 Å². The van der Waals surface area contributed by atoms with Crippen molar-refractivity contribution in [2.24, 2.45) is 5.84 Å². The highest BCUT2D eigenvalue weighted by Crippen LogP contribution is 2.30. The lowest BCUT2D eigenvalue weighted by Gasteiger charge is -2.20. The maximum atomic E-state index is 14.0. The zero-order valence-electron chi connectivity index (χ0n) is 11.2. The Morgan fingerprint density at radius 3 is 2.25 bits per heavy atom. The minimum absolute atomic E-state index is 0.283. The summed E-state index contributed by atoms with van der Waals surface area (Å²) in [5, 5.41) is 0. The van der Waals surface area contributed by atoms with E-state index in [0.29, 0.717) is 5.56 Å². The number of halogens is 3. The molecule has 2 aromatic carbocycles. The summed E-state index contributed by atoms with van der Waals surface area (Å²) in [6.07, 6.45) is 0. The van der Waals surface area contributed by atoms with Crippen LogP contribution in [0, 0.1) is 19.7 Å². The number of hydrogen-bond donors (Lipinski definition) is 2. The van der Waals surface area contributed by atoms with E-state index >= 15 is 0 Å². The van der Waals surface area contributed by atoms with Gasteiger partial charge in [0.1, 0.15) is 5.82 Å². The lowest BCUT2D eigenvalue weighted by atomic mass is 9.96. The Hall–Kier alpha value is -0.750. The second-order valence-corrected chi connectivity index (χ2v) is 6.44. The first-order chi connectivity index (χ1) is 9.43. The van der Waals surface area contributed by atoms with Crippen LogP contribution >= 0.6 is 31.9 Å². The standard InChI is InChI=1S/C15H15Br2FN2/c1-8-5-10(6-9(2)14(8)17)15(20-19)12-7-11(16)3-4-13(12)18/h3-7,15,20H,19H2,1-2H3. The molecule has 2 nitrogen and oxygen atoms in total. The highest BCUT2D eigenvalue weighted by atomic mass is 79.9. The summed E-state index contributed by atoms with van der Waals surface area (Å²) >= 11 is 6.90. The highest BCUT2D eigenvalue weighted by Gasteiger charge is 2.18. The third-order valence-electron chi connectivity index (χ3n) is 3.23. The van der Waals surface area contributed by atoms with E-state index in [1.165, 1.54) is 6.07 Å². The molecular weight excluding hydrogens is 387 g/mol. The van der Waals surface area contributed by atoms with Gasteiger partial charge in [-0.1, -0.05) is 44.0 Å². The van der Waals surface area contributed by atoms with E-state index in [1.54, 1.807) is 12.1 Å². The summed E-state index contributed by atoms with van der Waals surface area (Å²) in [7, 11) is 0.